The SMILES string of the molecule is CCCCCCCCCCCCC(O)C[SiH2]Oc1ccc([I+]c2ccccc2)cc1.[F][Sb-]([F])([F])([F])([F])[F]. The van der Waals surface area contributed by atoms with Gasteiger partial charge in [0.15, 0.2) is 7.14 Å². The Bertz CT molecular complexity index is 844. The first-order valence-electron chi connectivity index (χ1n) is 12.9. The Labute approximate surface area is 232 Å². The van der Waals surface area contributed by atoms with E-state index >= 15 is 0 Å². The monoisotopic (exact) mass is 774 g/mol. The molecule has 214 valence electrons. The third-order valence-electron chi connectivity index (χ3n) is 5.38. The van der Waals surface area contributed by atoms with Crippen LogP contribution in [0.15, 0.2) is 54.6 Å². The molecule has 0 aromatic heterocycles. The number of unbranched alkanes of at least 4 members (excludes halogenated alkanes) is 9. The van der Waals surface area contributed by atoms with Crippen molar-refractivity contribution in [3.63, 3.8) is 0 Å². The fraction of sp³-hybridized carbons (Fsp3) is 0.538. The Morgan fingerprint density at radius 2 is 1.19 bits per heavy atom. The molecule has 2 aromatic carbocycles. The topological polar surface area (TPSA) is 29.5 Å². The van der Waals surface area contributed by atoms with Crippen LogP contribution in [-0.2, 0) is 0 Å². The second-order valence-electron chi connectivity index (χ2n) is 9.06. The number of hydrogen-bond acceptors (Lipinski definition) is 2. The summed E-state index contributed by atoms with van der Waals surface area (Å²) >= 11 is -11.4. The molecular weight excluding hydrogens is 735 g/mol. The molecule has 0 heterocycles. The zero-order valence-electron chi connectivity index (χ0n) is 21.4. The number of rotatable bonds is 17. The van der Waals surface area contributed by atoms with Gasteiger partial charge in [0.25, 0.3) is 0 Å². The van der Waals surface area contributed by atoms with E-state index in [0.29, 0.717) is 0 Å². The van der Waals surface area contributed by atoms with E-state index in [9.17, 15) is 22.0 Å². The third kappa shape index (κ3) is 25.6. The van der Waals surface area contributed by atoms with Gasteiger partial charge in [-0.15, -0.1) is 0 Å². The summed E-state index contributed by atoms with van der Waals surface area (Å²) in [5.41, 5.74) is 0. The first-order chi connectivity index (χ1) is 17.2. The van der Waals surface area contributed by atoms with Crippen molar-refractivity contribution >= 4 is 29.2 Å². The van der Waals surface area contributed by atoms with Gasteiger partial charge in [-0.3, -0.25) is 0 Å². The van der Waals surface area contributed by atoms with Gasteiger partial charge in [0.1, 0.15) is 5.75 Å². The van der Waals surface area contributed by atoms with Crippen LogP contribution in [0.1, 0.15) is 77.6 Å². The fourth-order valence-corrected chi connectivity index (χ4v) is 6.84. The molecule has 2 nitrogen and oxygen atoms in total. The van der Waals surface area contributed by atoms with Crippen molar-refractivity contribution in [3.05, 3.63) is 61.7 Å². The van der Waals surface area contributed by atoms with Crippen molar-refractivity contribution in [1.29, 1.82) is 0 Å². The molecule has 0 radical (unpaired) electrons. The van der Waals surface area contributed by atoms with Crippen LogP contribution in [-0.4, -0.2) is 40.4 Å². The van der Waals surface area contributed by atoms with Gasteiger partial charge in [-0.2, -0.15) is 0 Å². The second-order valence-corrected chi connectivity index (χ2v) is 18.8. The number of benzene rings is 2. The Balaban J connectivity index is 0.000000856. The summed E-state index contributed by atoms with van der Waals surface area (Å²) in [7, 11) is -0.703. The van der Waals surface area contributed by atoms with Crippen molar-refractivity contribution in [2.75, 3.05) is 0 Å². The van der Waals surface area contributed by atoms with Crippen LogP contribution < -0.4 is 25.6 Å². The molecule has 1 N–H and O–H groups in total. The average molecular weight is 775 g/mol. The number of aliphatic hydroxyl groups is 1. The van der Waals surface area contributed by atoms with E-state index in [1.165, 1.54) is 64.9 Å². The molecule has 1 unspecified atom stereocenters. The summed E-state index contributed by atoms with van der Waals surface area (Å²) in [5.74, 6) is 0.966. The molecule has 0 aliphatic carbocycles. The van der Waals surface area contributed by atoms with Crippen LogP contribution in [0.5, 0.6) is 5.75 Å². The summed E-state index contributed by atoms with van der Waals surface area (Å²) in [6.45, 7) is 2.27. The summed E-state index contributed by atoms with van der Waals surface area (Å²) < 4.78 is 68.4. The number of aliphatic hydroxyl groups excluding tert-OH is 1. The van der Waals surface area contributed by atoms with Gasteiger partial charge in [-0.05, 0) is 48.9 Å². The van der Waals surface area contributed by atoms with Crippen LogP contribution in [0.25, 0.3) is 0 Å². The summed E-state index contributed by atoms with van der Waals surface area (Å²) in [5, 5.41) is 10.2. The van der Waals surface area contributed by atoms with E-state index < -0.39 is 29.2 Å². The summed E-state index contributed by atoms with van der Waals surface area (Å²) in [6, 6.07) is 20.2. The molecule has 0 amide bonds. The molecule has 37 heavy (non-hydrogen) atoms. The molecule has 0 aliphatic rings. The van der Waals surface area contributed by atoms with Crippen molar-refractivity contribution < 1.29 is 47.6 Å². The molecule has 0 saturated carbocycles. The van der Waals surface area contributed by atoms with Gasteiger partial charge in [0.2, 0.25) is 9.76 Å². The van der Waals surface area contributed by atoms with Gasteiger partial charge in [-0.25, -0.2) is 0 Å². The molecule has 0 bridgehead atoms. The van der Waals surface area contributed by atoms with E-state index in [1.54, 1.807) is 0 Å². The fourth-order valence-electron chi connectivity index (χ4n) is 3.52. The molecule has 11 heteroatoms. The molecule has 0 fully saturated rings. The zero-order valence-corrected chi connectivity index (χ0v) is 27.5. The van der Waals surface area contributed by atoms with Gasteiger partial charge in [0.05, 0.1) is 6.10 Å². The quantitative estimate of drug-likeness (QED) is 0.0996. The van der Waals surface area contributed by atoms with E-state index in [1.807, 2.05) is 0 Å². The molecule has 0 aliphatic heterocycles. The van der Waals surface area contributed by atoms with Crippen LogP contribution in [0, 0.1) is 7.14 Å². The molecule has 1 atom stereocenters. The normalized spacial score (nSPS) is 14.5. The van der Waals surface area contributed by atoms with Crippen LogP contribution >= 0.6 is 0 Å². The van der Waals surface area contributed by atoms with E-state index in [0.717, 1.165) is 24.6 Å². The van der Waals surface area contributed by atoms with Crippen LogP contribution in [0.4, 0.5) is 16.9 Å². The molecule has 0 saturated heterocycles. The molecule has 0 spiro atoms. The Morgan fingerprint density at radius 3 is 1.70 bits per heavy atom. The van der Waals surface area contributed by atoms with Crippen molar-refractivity contribution in [2.24, 2.45) is 0 Å². The first kappa shape index (κ1) is 34.6. The summed E-state index contributed by atoms with van der Waals surface area (Å²) in [4.78, 5) is 0. The maximum atomic E-state index is 10.2. The van der Waals surface area contributed by atoms with Gasteiger partial charge in [0, 0.05) is 0 Å². The number of hydrogen-bond donors (Lipinski definition) is 1. The predicted molar refractivity (Wildman–Crippen MR) is 139 cm³/mol. The Kier molecular flexibility index (Phi) is 15.5. The van der Waals surface area contributed by atoms with Crippen molar-refractivity contribution in [3.8, 4) is 5.75 Å². The first-order valence-corrected chi connectivity index (χ1v) is 22.4. The molecule has 2 aromatic rings. The minimum atomic E-state index is -11.2. The van der Waals surface area contributed by atoms with Crippen LogP contribution in [0.2, 0.25) is 6.04 Å². The van der Waals surface area contributed by atoms with E-state index in [2.05, 4.69) is 61.5 Å². The number of halogens is 7. The van der Waals surface area contributed by atoms with Crippen molar-refractivity contribution in [1.82, 2.24) is 0 Å². The zero-order chi connectivity index (χ0) is 27.7. The van der Waals surface area contributed by atoms with Gasteiger partial charge < -0.3 is 9.53 Å². The average Bonchev–Trinajstić information content (AvgIpc) is 2.80. The standard InChI is InChI=1S/C26H40IO2Si.6FH.Sb/c1-2-3-4-5-6-7-8-9-10-14-17-25(28)22-30-29-26-20-18-24(19-21-26)27-23-15-12-11-13-16-23;;;;;;;/h11-13,15-16,18-21,25,28H,2-10,14,17,22,30H2,1H3;6*1H;/q+1;;;;;;;+5/p-6. The Hall–Kier alpha value is -0.455. The second kappa shape index (κ2) is 16.6. The summed E-state index contributed by atoms with van der Waals surface area (Å²) in [6.07, 6.45) is 14.2. The van der Waals surface area contributed by atoms with Crippen molar-refractivity contribution in [2.45, 2.75) is 89.7 Å². The van der Waals surface area contributed by atoms with E-state index in [-0.39, 0.29) is 27.3 Å². The predicted octanol–water partition coefficient (Wildman–Crippen LogP) is 5.51. The van der Waals surface area contributed by atoms with E-state index in [4.69, 9.17) is 4.43 Å². The molecule has 2 rings (SSSR count). The van der Waals surface area contributed by atoms with Gasteiger partial charge in [-0.1, -0.05) is 89.3 Å². The molecular formula is C26H40F6IO2SbSi. The minimum absolute atomic E-state index is 0.110. The van der Waals surface area contributed by atoms with Crippen LogP contribution in [0.3, 0.4) is 0 Å². The van der Waals surface area contributed by atoms with Gasteiger partial charge >= 0.3 is 57.6 Å². The maximum absolute atomic E-state index is 11.2. The third-order valence-corrected chi connectivity index (χ3v) is 9.50. The Morgan fingerprint density at radius 1 is 0.730 bits per heavy atom.